The lowest BCUT2D eigenvalue weighted by atomic mass is 10.1. The van der Waals surface area contributed by atoms with Crippen molar-refractivity contribution in [2.75, 3.05) is 12.4 Å². The molecule has 0 aliphatic rings. The average molecular weight is 544 g/mol. The number of nitrogens with zero attached hydrogens (tertiary/aromatic N) is 3. The molecule has 0 aliphatic carbocycles. The monoisotopic (exact) mass is 541 g/mol. The van der Waals surface area contributed by atoms with E-state index in [2.05, 4.69) is 36.6 Å². The fraction of sp³-hybridized carbons (Fsp3) is 0.100. The van der Waals surface area contributed by atoms with Gasteiger partial charge in [0.15, 0.2) is 5.82 Å². The van der Waals surface area contributed by atoms with Crippen molar-refractivity contribution in [3.05, 3.63) is 73.0 Å². The van der Waals surface area contributed by atoms with E-state index in [1.807, 2.05) is 0 Å². The van der Waals surface area contributed by atoms with Gasteiger partial charge in [-0.05, 0) is 64.8 Å². The van der Waals surface area contributed by atoms with Crippen LogP contribution in [0.25, 0.3) is 11.9 Å². The van der Waals surface area contributed by atoms with E-state index in [9.17, 15) is 9.59 Å². The lowest BCUT2D eigenvalue weighted by molar-refractivity contribution is -0.112. The number of aromatic nitrogens is 3. The van der Waals surface area contributed by atoms with Gasteiger partial charge in [0, 0.05) is 18.3 Å². The van der Waals surface area contributed by atoms with E-state index in [1.54, 1.807) is 37.4 Å². The van der Waals surface area contributed by atoms with Crippen LogP contribution in [0.2, 0.25) is 10.0 Å². The van der Waals surface area contributed by atoms with Crippen LogP contribution in [0.3, 0.4) is 0 Å². The minimum Gasteiger partial charge on any atom is -0.355 e. The molecule has 2 aromatic heterocycles. The molecule has 11 heteroatoms. The van der Waals surface area contributed by atoms with E-state index in [0.717, 1.165) is 0 Å². The summed E-state index contributed by atoms with van der Waals surface area (Å²) in [6.07, 6.45) is 2.99. The predicted octanol–water partition coefficient (Wildman–Crippen LogP) is 5.22. The third-order valence-corrected chi connectivity index (χ3v) is 5.33. The number of amides is 2. The van der Waals surface area contributed by atoms with Crippen LogP contribution in [0.1, 0.15) is 21.6 Å². The second-order valence-corrected chi connectivity index (χ2v) is 8.35. The van der Waals surface area contributed by atoms with E-state index in [4.69, 9.17) is 34.8 Å². The number of benzene rings is 1. The number of rotatable bonds is 5. The second kappa shape index (κ2) is 9.82. The van der Waals surface area contributed by atoms with Crippen molar-refractivity contribution in [1.82, 2.24) is 20.1 Å². The van der Waals surface area contributed by atoms with Crippen molar-refractivity contribution in [2.24, 2.45) is 0 Å². The number of halogens is 4. The fourth-order valence-electron chi connectivity index (χ4n) is 2.76. The topological polar surface area (TPSA) is 88.9 Å². The highest BCUT2D eigenvalue weighted by Gasteiger charge is 2.19. The minimum absolute atomic E-state index is 0.141. The van der Waals surface area contributed by atoms with E-state index < -0.39 is 11.8 Å². The number of hydrogen-bond donors (Lipinski definition) is 2. The molecule has 0 atom stereocenters. The molecular weight excluding hydrogens is 529 g/mol. The normalized spacial score (nSPS) is 11.4. The number of nitrogens with one attached hydrogen (secondary N) is 2. The number of anilines is 1. The smallest absolute Gasteiger partial charge is 0.267 e. The molecule has 0 saturated carbocycles. The third-order valence-electron chi connectivity index (χ3n) is 4.15. The quantitative estimate of drug-likeness (QED) is 0.432. The van der Waals surface area contributed by atoms with Crippen molar-refractivity contribution in [3.8, 4) is 5.82 Å². The van der Waals surface area contributed by atoms with Crippen LogP contribution in [0.4, 0.5) is 5.69 Å². The van der Waals surface area contributed by atoms with Crippen LogP contribution >= 0.6 is 50.7 Å². The first kappa shape index (κ1) is 23.3. The molecule has 1 aromatic carbocycles. The molecule has 0 bridgehead atoms. The maximum atomic E-state index is 12.8. The van der Waals surface area contributed by atoms with Gasteiger partial charge in [-0.15, -0.1) is 0 Å². The largest absolute Gasteiger partial charge is 0.355 e. The maximum Gasteiger partial charge on any atom is 0.267 e. The lowest BCUT2D eigenvalue weighted by Crippen LogP contribution is -2.22. The Labute approximate surface area is 201 Å². The van der Waals surface area contributed by atoms with E-state index in [0.29, 0.717) is 37.4 Å². The Morgan fingerprint density at radius 2 is 1.97 bits per heavy atom. The first-order valence-electron chi connectivity index (χ1n) is 8.78. The summed E-state index contributed by atoms with van der Waals surface area (Å²) in [6, 6.07) is 8.13. The Kier molecular flexibility index (Phi) is 7.38. The van der Waals surface area contributed by atoms with Crippen LogP contribution in [0, 0.1) is 6.92 Å². The average Bonchev–Trinajstić information content (AvgIpc) is 3.09. The van der Waals surface area contributed by atoms with Gasteiger partial charge in [-0.2, -0.15) is 5.10 Å². The molecule has 2 N–H and O–H groups in total. The van der Waals surface area contributed by atoms with Gasteiger partial charge in [0.25, 0.3) is 11.8 Å². The number of carbonyl (C=O) groups is 2. The van der Waals surface area contributed by atoms with Crippen molar-refractivity contribution in [1.29, 1.82) is 0 Å². The van der Waals surface area contributed by atoms with Crippen LogP contribution in [0.5, 0.6) is 0 Å². The molecule has 0 unspecified atom stereocenters. The van der Waals surface area contributed by atoms with Crippen molar-refractivity contribution in [3.63, 3.8) is 0 Å². The summed E-state index contributed by atoms with van der Waals surface area (Å²) in [4.78, 5) is 29.2. The van der Waals surface area contributed by atoms with Crippen LogP contribution in [0.15, 0.2) is 46.2 Å². The van der Waals surface area contributed by atoms with E-state index in [1.165, 1.54) is 23.9 Å². The summed E-state index contributed by atoms with van der Waals surface area (Å²) < 4.78 is 1.95. The summed E-state index contributed by atoms with van der Waals surface area (Å²) in [5.74, 6) is -0.637. The molecule has 0 fully saturated rings. The van der Waals surface area contributed by atoms with Gasteiger partial charge >= 0.3 is 0 Å². The molecule has 7 nitrogen and oxygen atoms in total. The summed E-state index contributed by atoms with van der Waals surface area (Å²) in [7, 11) is 1.48. The van der Waals surface area contributed by atoms with Crippen LogP contribution in [-0.2, 0) is 4.79 Å². The van der Waals surface area contributed by atoms with Gasteiger partial charge in [-0.3, -0.25) is 9.59 Å². The number of carbonyl (C=O) groups excluding carboxylic acids is 2. The van der Waals surface area contributed by atoms with Crippen molar-refractivity contribution >= 4 is 74.3 Å². The SMILES string of the molecule is CNC(=O)c1cc(Cl)cc(C)c1NC(=O)/C(Cl)=C/c1cc(Br)nn1-c1ncccc1Cl. The number of pyridine rings is 1. The standard InChI is InChI=1S/C20H15BrCl3N5O2/c1-10-6-11(22)7-13(19(30)25-2)17(10)27-20(31)15(24)8-12-9-16(21)28-29(12)18-14(23)4-3-5-26-18/h3-9H,1-2H3,(H,25,30)(H,27,31)/b15-8-. The highest BCUT2D eigenvalue weighted by atomic mass is 79.9. The number of hydrogen-bond acceptors (Lipinski definition) is 4. The lowest BCUT2D eigenvalue weighted by Gasteiger charge is -2.14. The summed E-state index contributed by atoms with van der Waals surface area (Å²) in [5.41, 5.74) is 1.60. The van der Waals surface area contributed by atoms with Gasteiger partial charge < -0.3 is 10.6 Å². The molecule has 0 saturated heterocycles. The van der Waals surface area contributed by atoms with Crippen molar-refractivity contribution in [2.45, 2.75) is 6.92 Å². The fourth-order valence-corrected chi connectivity index (χ4v) is 3.79. The zero-order valence-corrected chi connectivity index (χ0v) is 20.1. The summed E-state index contributed by atoms with van der Waals surface area (Å²) >= 11 is 21.9. The Hall–Kier alpha value is -2.39. The Balaban J connectivity index is 1.96. The molecule has 3 aromatic rings. The van der Waals surface area contributed by atoms with Gasteiger partial charge in [0.2, 0.25) is 0 Å². The molecule has 2 amide bonds. The Bertz CT molecular complexity index is 1210. The highest BCUT2D eigenvalue weighted by Crippen LogP contribution is 2.27. The van der Waals surface area contributed by atoms with E-state index in [-0.39, 0.29) is 10.6 Å². The summed E-state index contributed by atoms with van der Waals surface area (Å²) in [6.45, 7) is 1.72. The molecule has 160 valence electrons. The van der Waals surface area contributed by atoms with Crippen LogP contribution < -0.4 is 10.6 Å². The zero-order valence-electron chi connectivity index (χ0n) is 16.2. The molecular formula is C20H15BrCl3N5O2. The minimum atomic E-state index is -0.617. The predicted molar refractivity (Wildman–Crippen MR) is 126 cm³/mol. The molecule has 2 heterocycles. The maximum absolute atomic E-state index is 12.8. The van der Waals surface area contributed by atoms with Gasteiger partial charge in [0.1, 0.15) is 9.64 Å². The second-order valence-electron chi connectivity index (χ2n) is 6.28. The summed E-state index contributed by atoms with van der Waals surface area (Å²) in [5, 5.41) is 10.1. The van der Waals surface area contributed by atoms with Gasteiger partial charge in [-0.25, -0.2) is 9.67 Å². The molecule has 0 radical (unpaired) electrons. The zero-order chi connectivity index (χ0) is 22.7. The van der Waals surface area contributed by atoms with Crippen LogP contribution in [-0.4, -0.2) is 33.6 Å². The molecule has 0 spiro atoms. The van der Waals surface area contributed by atoms with Crippen molar-refractivity contribution < 1.29 is 9.59 Å². The first-order chi connectivity index (χ1) is 14.7. The first-order valence-corrected chi connectivity index (χ1v) is 10.7. The number of aryl methyl sites for hydroxylation is 1. The molecule has 31 heavy (non-hydrogen) atoms. The highest BCUT2D eigenvalue weighted by molar-refractivity contribution is 9.10. The third kappa shape index (κ3) is 5.27. The van der Waals surface area contributed by atoms with Gasteiger partial charge in [0.05, 0.1) is 22.0 Å². The molecule has 3 rings (SSSR count). The molecule has 0 aliphatic heterocycles. The Morgan fingerprint density at radius 1 is 1.23 bits per heavy atom. The Morgan fingerprint density at radius 3 is 2.65 bits per heavy atom. The van der Waals surface area contributed by atoms with E-state index >= 15 is 0 Å². The van der Waals surface area contributed by atoms with Gasteiger partial charge in [-0.1, -0.05) is 34.8 Å².